The molecule has 0 amide bonds. The molecule has 168 valence electrons. The van der Waals surface area contributed by atoms with E-state index in [-0.39, 0.29) is 5.56 Å². The maximum absolute atomic E-state index is 12.9. The first-order chi connectivity index (χ1) is 16.0. The Kier molecular flexibility index (Phi) is 7.22. The summed E-state index contributed by atoms with van der Waals surface area (Å²) in [5, 5.41) is 5.20. The molecule has 33 heavy (non-hydrogen) atoms. The lowest BCUT2D eigenvalue weighted by atomic mass is 10.1. The van der Waals surface area contributed by atoms with Gasteiger partial charge in [0.15, 0.2) is 5.11 Å². The van der Waals surface area contributed by atoms with Gasteiger partial charge in [-0.1, -0.05) is 23.7 Å². The minimum atomic E-state index is -0.159. The third kappa shape index (κ3) is 5.88. The van der Waals surface area contributed by atoms with E-state index in [1.807, 2.05) is 60.4 Å². The van der Waals surface area contributed by atoms with Crippen molar-refractivity contribution in [3.8, 4) is 5.75 Å². The molecule has 0 radical (unpaired) electrons. The summed E-state index contributed by atoms with van der Waals surface area (Å²) < 4.78 is 5.61. The molecule has 2 aromatic carbocycles. The standard InChI is InChI=1S/C25H23ClN4O2S/c1-2-32-22-8-9-23-18(12-22)11-19(24(31)29-23)16-30(15-17-5-4-10-27-14-17)25(33)28-21-7-3-6-20(26)13-21/h3-14H,2,15-16H2,1H3,(H,28,33)(H,29,31). The van der Waals surface area contributed by atoms with E-state index in [0.29, 0.717) is 35.4 Å². The maximum Gasteiger partial charge on any atom is 0.253 e. The number of benzene rings is 2. The maximum atomic E-state index is 12.9. The van der Waals surface area contributed by atoms with Crippen LogP contribution in [0.15, 0.2) is 77.9 Å². The molecular weight excluding hydrogens is 456 g/mol. The highest BCUT2D eigenvalue weighted by Gasteiger charge is 2.15. The lowest BCUT2D eigenvalue weighted by Crippen LogP contribution is -2.35. The molecule has 0 saturated carbocycles. The van der Waals surface area contributed by atoms with Crippen molar-refractivity contribution in [2.45, 2.75) is 20.0 Å². The number of nitrogens with zero attached hydrogens (tertiary/aromatic N) is 2. The molecule has 4 rings (SSSR count). The molecule has 0 fully saturated rings. The van der Waals surface area contributed by atoms with Crippen LogP contribution in [0.1, 0.15) is 18.1 Å². The van der Waals surface area contributed by atoms with Gasteiger partial charge in [-0.05, 0) is 73.2 Å². The number of hydrogen-bond acceptors (Lipinski definition) is 4. The van der Waals surface area contributed by atoms with Crippen LogP contribution >= 0.6 is 23.8 Å². The minimum absolute atomic E-state index is 0.159. The third-order valence-corrected chi connectivity index (χ3v) is 5.62. The van der Waals surface area contributed by atoms with Gasteiger partial charge in [0, 0.05) is 46.1 Å². The Morgan fingerprint density at radius 3 is 2.79 bits per heavy atom. The first-order valence-corrected chi connectivity index (χ1v) is 11.3. The number of nitrogens with one attached hydrogen (secondary N) is 2. The van der Waals surface area contributed by atoms with Crippen molar-refractivity contribution in [3.63, 3.8) is 0 Å². The van der Waals surface area contributed by atoms with Crippen LogP contribution in [0.5, 0.6) is 5.75 Å². The molecule has 8 heteroatoms. The van der Waals surface area contributed by atoms with Gasteiger partial charge in [-0.3, -0.25) is 9.78 Å². The van der Waals surface area contributed by atoms with Gasteiger partial charge in [0.25, 0.3) is 5.56 Å². The van der Waals surface area contributed by atoms with Gasteiger partial charge >= 0.3 is 0 Å². The number of aromatic nitrogens is 2. The Balaban J connectivity index is 1.65. The van der Waals surface area contributed by atoms with Crippen molar-refractivity contribution >= 4 is 45.5 Å². The molecule has 0 aliphatic rings. The van der Waals surface area contributed by atoms with E-state index in [0.717, 1.165) is 27.9 Å². The Morgan fingerprint density at radius 2 is 2.03 bits per heavy atom. The molecule has 0 atom stereocenters. The van der Waals surface area contributed by atoms with Gasteiger partial charge in [-0.2, -0.15) is 0 Å². The van der Waals surface area contributed by atoms with E-state index in [4.69, 9.17) is 28.6 Å². The zero-order valence-corrected chi connectivity index (χ0v) is 19.6. The van der Waals surface area contributed by atoms with Crippen molar-refractivity contribution in [1.82, 2.24) is 14.9 Å². The Hall–Kier alpha value is -3.42. The van der Waals surface area contributed by atoms with Crippen LogP contribution in [0, 0.1) is 0 Å². The van der Waals surface area contributed by atoms with Gasteiger partial charge in [-0.25, -0.2) is 0 Å². The lowest BCUT2D eigenvalue weighted by Gasteiger charge is -2.26. The predicted octanol–water partition coefficient (Wildman–Crippen LogP) is 5.37. The summed E-state index contributed by atoms with van der Waals surface area (Å²) in [4.78, 5) is 21.9. The summed E-state index contributed by atoms with van der Waals surface area (Å²) in [6, 6.07) is 18.7. The summed E-state index contributed by atoms with van der Waals surface area (Å²) in [5.74, 6) is 0.758. The van der Waals surface area contributed by atoms with E-state index >= 15 is 0 Å². The number of rotatable bonds is 7. The van der Waals surface area contributed by atoms with Gasteiger partial charge in [0.05, 0.1) is 13.2 Å². The quantitative estimate of drug-likeness (QED) is 0.348. The summed E-state index contributed by atoms with van der Waals surface area (Å²) in [5.41, 5.74) is 2.94. The predicted molar refractivity (Wildman–Crippen MR) is 137 cm³/mol. The zero-order chi connectivity index (χ0) is 23.2. The van der Waals surface area contributed by atoms with E-state index in [1.54, 1.807) is 24.5 Å². The van der Waals surface area contributed by atoms with Crippen molar-refractivity contribution in [2.75, 3.05) is 11.9 Å². The molecular formula is C25H23ClN4O2S. The normalized spacial score (nSPS) is 10.7. The summed E-state index contributed by atoms with van der Waals surface area (Å²) >= 11 is 11.8. The second-order valence-electron chi connectivity index (χ2n) is 7.46. The van der Waals surface area contributed by atoms with Gasteiger partial charge < -0.3 is 19.9 Å². The molecule has 4 aromatic rings. The van der Waals surface area contributed by atoms with Gasteiger partial charge in [0.2, 0.25) is 0 Å². The summed E-state index contributed by atoms with van der Waals surface area (Å²) in [7, 11) is 0. The average Bonchev–Trinajstić information content (AvgIpc) is 2.80. The highest BCUT2D eigenvalue weighted by atomic mass is 35.5. The van der Waals surface area contributed by atoms with Crippen LogP contribution < -0.4 is 15.6 Å². The fraction of sp³-hybridized carbons (Fsp3) is 0.160. The second kappa shape index (κ2) is 10.5. The Bertz CT molecular complexity index is 1330. The molecule has 0 unspecified atom stereocenters. The van der Waals surface area contributed by atoms with Crippen LogP contribution in [0.3, 0.4) is 0 Å². The van der Waals surface area contributed by atoms with Crippen molar-refractivity contribution in [1.29, 1.82) is 0 Å². The number of ether oxygens (including phenoxy) is 1. The first kappa shape index (κ1) is 22.8. The van der Waals surface area contributed by atoms with Crippen LogP contribution in [0.2, 0.25) is 5.02 Å². The highest BCUT2D eigenvalue weighted by molar-refractivity contribution is 7.80. The monoisotopic (exact) mass is 478 g/mol. The number of H-pyrrole nitrogens is 1. The molecule has 0 spiro atoms. The fourth-order valence-corrected chi connectivity index (χ4v) is 3.93. The minimum Gasteiger partial charge on any atom is -0.494 e. The molecule has 2 aromatic heterocycles. The van der Waals surface area contributed by atoms with Crippen LogP contribution in [0.4, 0.5) is 5.69 Å². The van der Waals surface area contributed by atoms with E-state index in [9.17, 15) is 4.79 Å². The van der Waals surface area contributed by atoms with Gasteiger partial charge in [-0.15, -0.1) is 0 Å². The number of hydrogen-bond donors (Lipinski definition) is 2. The Morgan fingerprint density at radius 1 is 1.15 bits per heavy atom. The third-order valence-electron chi connectivity index (χ3n) is 5.02. The molecule has 2 N–H and O–H groups in total. The molecule has 2 heterocycles. The zero-order valence-electron chi connectivity index (χ0n) is 18.0. The largest absolute Gasteiger partial charge is 0.494 e. The molecule has 0 aliphatic heterocycles. The lowest BCUT2D eigenvalue weighted by molar-refractivity contribution is 0.340. The first-order valence-electron chi connectivity index (χ1n) is 10.5. The second-order valence-corrected chi connectivity index (χ2v) is 8.29. The number of aromatic amines is 1. The summed E-state index contributed by atoms with van der Waals surface area (Å²) in [6.07, 6.45) is 3.51. The molecule has 0 bridgehead atoms. The topological polar surface area (TPSA) is 70.2 Å². The molecule has 0 saturated heterocycles. The number of fused-ring (bicyclic) bond motifs is 1. The number of thiocarbonyl (C=S) groups is 1. The number of pyridine rings is 2. The SMILES string of the molecule is CCOc1ccc2[nH]c(=O)c(CN(Cc3cccnc3)C(=S)Nc3cccc(Cl)c3)cc2c1. The average molecular weight is 479 g/mol. The molecule has 0 aliphatic carbocycles. The van der Waals surface area contributed by atoms with Crippen molar-refractivity contribution < 1.29 is 4.74 Å². The van der Waals surface area contributed by atoms with Crippen molar-refractivity contribution in [2.24, 2.45) is 0 Å². The van der Waals surface area contributed by atoms with E-state index < -0.39 is 0 Å². The van der Waals surface area contributed by atoms with Gasteiger partial charge in [0.1, 0.15) is 5.75 Å². The smallest absolute Gasteiger partial charge is 0.253 e. The fourth-order valence-electron chi connectivity index (χ4n) is 3.49. The van der Waals surface area contributed by atoms with Crippen molar-refractivity contribution in [3.05, 3.63) is 99.6 Å². The molecule has 6 nitrogen and oxygen atoms in total. The van der Waals surface area contributed by atoms with Crippen LogP contribution in [-0.4, -0.2) is 26.6 Å². The van der Waals surface area contributed by atoms with E-state index in [2.05, 4.69) is 15.3 Å². The number of halogens is 1. The van der Waals surface area contributed by atoms with Crippen LogP contribution in [-0.2, 0) is 13.1 Å². The van der Waals surface area contributed by atoms with E-state index in [1.165, 1.54) is 0 Å². The van der Waals surface area contributed by atoms with Crippen LogP contribution in [0.25, 0.3) is 10.9 Å². The number of anilines is 1. The highest BCUT2D eigenvalue weighted by Crippen LogP contribution is 2.21. The Labute approximate surface area is 202 Å². The summed E-state index contributed by atoms with van der Waals surface area (Å²) in [6.45, 7) is 3.30.